The molecule has 10 heteroatoms. The Hall–Kier alpha value is -1.74. The smallest absolute Gasteiger partial charge is 0.398 e. The molecular formula is C8H4F8N2. The lowest BCUT2D eigenvalue weighted by Crippen LogP contribution is -2.16. The molecule has 1 aromatic carbocycles. The van der Waals surface area contributed by atoms with Crippen LogP contribution in [0.5, 0.6) is 0 Å². The van der Waals surface area contributed by atoms with Gasteiger partial charge in [0.2, 0.25) is 0 Å². The fourth-order valence-corrected chi connectivity index (χ4v) is 1.22. The van der Waals surface area contributed by atoms with Gasteiger partial charge in [0.15, 0.2) is 0 Å². The molecule has 0 aliphatic heterocycles. The Bertz CT molecular complexity index is 448. The second-order valence-electron chi connectivity index (χ2n) is 3.19. The van der Waals surface area contributed by atoms with E-state index in [4.69, 9.17) is 5.73 Å². The number of nitrogens with zero attached hydrogens (tertiary/aromatic N) is 1. The van der Waals surface area contributed by atoms with Crippen LogP contribution in [0.1, 0.15) is 11.1 Å². The predicted molar refractivity (Wildman–Crippen MR) is 45.6 cm³/mol. The molecule has 0 amide bonds. The van der Waals surface area contributed by atoms with Crippen molar-refractivity contribution in [2.75, 3.05) is 11.1 Å². The summed E-state index contributed by atoms with van der Waals surface area (Å²) in [5, 5.41) is -1.95. The summed E-state index contributed by atoms with van der Waals surface area (Å²) < 4.78 is 98.3. The summed E-state index contributed by atoms with van der Waals surface area (Å²) in [5.41, 5.74) is -2.09. The molecule has 0 atom stereocenters. The van der Waals surface area contributed by atoms with Crippen LogP contribution in [0.25, 0.3) is 0 Å². The van der Waals surface area contributed by atoms with Crippen molar-refractivity contribution in [2.24, 2.45) is 0 Å². The van der Waals surface area contributed by atoms with Crippen molar-refractivity contribution in [3.63, 3.8) is 0 Å². The van der Waals surface area contributed by atoms with Gasteiger partial charge in [-0.2, -0.15) is 26.3 Å². The molecule has 0 aliphatic rings. The van der Waals surface area contributed by atoms with E-state index < -0.39 is 46.3 Å². The van der Waals surface area contributed by atoms with E-state index in [0.29, 0.717) is 0 Å². The monoisotopic (exact) mass is 280 g/mol. The zero-order valence-electron chi connectivity index (χ0n) is 8.20. The first-order chi connectivity index (χ1) is 7.94. The summed E-state index contributed by atoms with van der Waals surface area (Å²) in [6.07, 6.45) is -10.5. The minimum Gasteiger partial charge on any atom is -0.398 e. The molecule has 2 nitrogen and oxygen atoms in total. The Kier molecular flexibility index (Phi) is 3.32. The topological polar surface area (TPSA) is 29.3 Å². The molecule has 1 aromatic rings. The Morgan fingerprint density at radius 2 is 1.28 bits per heavy atom. The van der Waals surface area contributed by atoms with Crippen molar-refractivity contribution in [2.45, 2.75) is 12.4 Å². The van der Waals surface area contributed by atoms with Gasteiger partial charge in [-0.05, 0) is 17.5 Å². The molecular weight excluding hydrogens is 276 g/mol. The molecule has 0 bridgehead atoms. The van der Waals surface area contributed by atoms with E-state index in [0.717, 1.165) is 0 Å². The summed E-state index contributed by atoms with van der Waals surface area (Å²) >= 11 is 0. The van der Waals surface area contributed by atoms with Gasteiger partial charge in [0.05, 0.1) is 11.1 Å². The van der Waals surface area contributed by atoms with E-state index in [-0.39, 0.29) is 6.07 Å². The third-order valence-electron chi connectivity index (χ3n) is 1.96. The molecule has 0 saturated heterocycles. The molecule has 1 rings (SSSR count). The van der Waals surface area contributed by atoms with Gasteiger partial charge in [0.25, 0.3) is 0 Å². The Morgan fingerprint density at radius 1 is 0.833 bits per heavy atom. The summed E-state index contributed by atoms with van der Waals surface area (Å²) in [6.45, 7) is 0. The quantitative estimate of drug-likeness (QED) is 0.480. The molecule has 0 unspecified atom stereocenters. The van der Waals surface area contributed by atoms with Gasteiger partial charge >= 0.3 is 12.4 Å². The highest BCUT2D eigenvalue weighted by molar-refractivity contribution is 5.64. The number of alkyl halides is 6. The molecule has 0 radical (unpaired) electrons. The lowest BCUT2D eigenvalue weighted by Gasteiger charge is -2.17. The van der Waals surface area contributed by atoms with Gasteiger partial charge in [-0.15, -0.1) is 0 Å². The molecule has 0 aromatic heterocycles. The van der Waals surface area contributed by atoms with E-state index >= 15 is 0 Å². The second kappa shape index (κ2) is 4.18. The van der Waals surface area contributed by atoms with Gasteiger partial charge < -0.3 is 5.73 Å². The summed E-state index contributed by atoms with van der Waals surface area (Å²) in [4.78, 5) is 0. The van der Waals surface area contributed by atoms with E-state index in [1.54, 1.807) is 0 Å². The number of hydrogen-bond donors (Lipinski definition) is 1. The van der Waals surface area contributed by atoms with Gasteiger partial charge in [0.1, 0.15) is 5.69 Å². The molecule has 0 spiro atoms. The van der Waals surface area contributed by atoms with E-state index in [9.17, 15) is 35.3 Å². The van der Waals surface area contributed by atoms with Crippen LogP contribution >= 0.6 is 0 Å². The van der Waals surface area contributed by atoms with E-state index in [1.807, 2.05) is 0 Å². The summed E-state index contributed by atoms with van der Waals surface area (Å²) in [5.74, 6) is 0. The van der Waals surface area contributed by atoms with Crippen LogP contribution in [0.15, 0.2) is 12.1 Å². The van der Waals surface area contributed by atoms with Crippen molar-refractivity contribution in [1.29, 1.82) is 0 Å². The van der Waals surface area contributed by atoms with Crippen LogP contribution in [0.4, 0.5) is 46.7 Å². The van der Waals surface area contributed by atoms with Gasteiger partial charge in [0, 0.05) is 5.69 Å². The number of anilines is 2. The first-order valence-corrected chi connectivity index (χ1v) is 4.14. The second-order valence-corrected chi connectivity index (χ2v) is 3.19. The van der Waals surface area contributed by atoms with Crippen molar-refractivity contribution < 1.29 is 35.3 Å². The Balaban J connectivity index is 3.57. The van der Waals surface area contributed by atoms with Crippen molar-refractivity contribution in [3.05, 3.63) is 23.3 Å². The highest BCUT2D eigenvalue weighted by atomic mass is 19.4. The first kappa shape index (κ1) is 14.3. The standard InChI is InChI=1S/C8H4F8N2/c9-7(10,11)3-1-4(8(12,13)14)6(18(15)16)2-5(3)17/h1-2H,17H2. The minimum atomic E-state index is -5.36. The average molecular weight is 280 g/mol. The largest absolute Gasteiger partial charge is 0.418 e. The summed E-state index contributed by atoms with van der Waals surface area (Å²) in [6, 6.07) is -0.525. The molecule has 18 heavy (non-hydrogen) atoms. The predicted octanol–water partition coefficient (Wildman–Crippen LogP) is 3.88. The van der Waals surface area contributed by atoms with Crippen LogP contribution < -0.4 is 11.1 Å². The third-order valence-corrected chi connectivity index (χ3v) is 1.96. The molecule has 0 fully saturated rings. The highest BCUT2D eigenvalue weighted by Crippen LogP contribution is 2.43. The average Bonchev–Trinajstić information content (AvgIpc) is 2.12. The van der Waals surface area contributed by atoms with Gasteiger partial charge in [-0.25, -0.2) is 0 Å². The number of halogens is 8. The Morgan fingerprint density at radius 3 is 1.61 bits per heavy atom. The summed E-state index contributed by atoms with van der Waals surface area (Å²) in [7, 11) is 0. The zero-order chi connectivity index (χ0) is 14.3. The maximum atomic E-state index is 12.3. The van der Waals surface area contributed by atoms with Crippen LogP contribution in [0.3, 0.4) is 0 Å². The van der Waals surface area contributed by atoms with Crippen LogP contribution in [0, 0.1) is 0 Å². The lowest BCUT2D eigenvalue weighted by molar-refractivity contribution is -0.142. The molecule has 0 heterocycles. The number of hydrogen-bond acceptors (Lipinski definition) is 2. The number of benzene rings is 1. The Labute approximate surface area is 94.5 Å². The normalized spacial score (nSPS) is 12.7. The van der Waals surface area contributed by atoms with Crippen LogP contribution in [0.2, 0.25) is 0 Å². The molecule has 0 aliphatic carbocycles. The van der Waals surface area contributed by atoms with Gasteiger partial charge in [-0.3, -0.25) is 0 Å². The number of rotatable bonds is 1. The van der Waals surface area contributed by atoms with Crippen molar-refractivity contribution >= 4 is 11.4 Å². The zero-order valence-corrected chi connectivity index (χ0v) is 8.20. The molecule has 102 valence electrons. The maximum Gasteiger partial charge on any atom is 0.418 e. The SMILES string of the molecule is Nc1cc(N(F)F)c(C(F)(F)F)cc1C(F)(F)F. The van der Waals surface area contributed by atoms with Crippen molar-refractivity contribution in [3.8, 4) is 0 Å². The minimum absolute atomic E-state index is 0.0777. The third kappa shape index (κ3) is 2.74. The van der Waals surface area contributed by atoms with E-state index in [2.05, 4.69) is 0 Å². The first-order valence-electron chi connectivity index (χ1n) is 4.14. The van der Waals surface area contributed by atoms with Crippen molar-refractivity contribution in [1.82, 2.24) is 0 Å². The number of nitrogens with two attached hydrogens (primary N) is 1. The van der Waals surface area contributed by atoms with Crippen LogP contribution in [-0.4, -0.2) is 0 Å². The number of nitrogen functional groups attached to an aromatic ring is 1. The highest BCUT2D eigenvalue weighted by Gasteiger charge is 2.41. The van der Waals surface area contributed by atoms with Crippen LogP contribution in [-0.2, 0) is 12.4 Å². The fourth-order valence-electron chi connectivity index (χ4n) is 1.22. The van der Waals surface area contributed by atoms with Gasteiger partial charge in [-0.1, -0.05) is 8.96 Å². The lowest BCUT2D eigenvalue weighted by atomic mass is 10.1. The molecule has 0 saturated carbocycles. The van der Waals surface area contributed by atoms with E-state index in [1.165, 1.54) is 0 Å². The fraction of sp³-hybridized carbons (Fsp3) is 0.250. The molecule has 2 N–H and O–H groups in total. The maximum absolute atomic E-state index is 12.3.